The van der Waals surface area contributed by atoms with Gasteiger partial charge in [0.2, 0.25) is 0 Å². The molecule has 0 bridgehead atoms. The molecule has 1 aliphatic rings. The van der Waals surface area contributed by atoms with Crippen LogP contribution in [0.2, 0.25) is 6.04 Å². The quantitative estimate of drug-likeness (QED) is 0.265. The maximum Gasteiger partial charge on any atom is 0.373 e. The Morgan fingerprint density at radius 1 is 1.04 bits per heavy atom. The van der Waals surface area contributed by atoms with E-state index in [1.54, 1.807) is 0 Å². The number of unbranched alkanes of at least 4 members (excludes halogenated alkanes) is 4. The van der Waals surface area contributed by atoms with Gasteiger partial charge in [-0.2, -0.15) is 8.42 Å². The monoisotopic (exact) mass is 438 g/mol. The predicted octanol–water partition coefficient (Wildman–Crippen LogP) is 3.80. The molecule has 1 fully saturated rings. The van der Waals surface area contributed by atoms with Crippen LogP contribution in [0.4, 0.5) is 0 Å². The van der Waals surface area contributed by atoms with Crippen LogP contribution < -0.4 is 0 Å². The van der Waals surface area contributed by atoms with Gasteiger partial charge < -0.3 is 13.6 Å². The van der Waals surface area contributed by atoms with E-state index in [0.29, 0.717) is 25.3 Å². The Bertz CT molecular complexity index is 605. The fourth-order valence-electron chi connectivity index (χ4n) is 5.00. The number of ether oxygens (including phenoxy) is 1. The lowest BCUT2D eigenvalue weighted by Crippen LogP contribution is -2.79. The van der Waals surface area contributed by atoms with E-state index >= 15 is 0 Å². The number of carbonyl (C=O) groups excluding carboxylic acids is 1. The molecular weight excluding hydrogens is 400 g/mol. The van der Waals surface area contributed by atoms with Crippen LogP contribution in [-0.2, 0) is 28.5 Å². The van der Waals surface area contributed by atoms with E-state index < -0.39 is 34.4 Å². The minimum atomic E-state index is -4.77. The van der Waals surface area contributed by atoms with Crippen LogP contribution in [0.25, 0.3) is 0 Å². The van der Waals surface area contributed by atoms with Gasteiger partial charge in [0, 0.05) is 27.8 Å². The summed E-state index contributed by atoms with van der Waals surface area (Å²) in [4.78, 5) is 13.5. The average Bonchev–Trinajstić information content (AvgIpc) is 2.66. The van der Waals surface area contributed by atoms with E-state index in [-0.39, 0.29) is 19.3 Å². The second kappa shape index (κ2) is 10.6. The first-order valence-electron chi connectivity index (χ1n) is 10.3. The third-order valence-corrected chi connectivity index (χ3v) is 12.6. The molecule has 0 aromatic carbocycles. The topological polar surface area (TPSA) is 99.1 Å². The smallest absolute Gasteiger partial charge is 0.373 e. The van der Waals surface area contributed by atoms with Crippen LogP contribution in [0.5, 0.6) is 0 Å². The number of rotatable bonds is 13. The van der Waals surface area contributed by atoms with Crippen LogP contribution in [0.15, 0.2) is 0 Å². The molecule has 0 aromatic heterocycles. The summed E-state index contributed by atoms with van der Waals surface area (Å²) in [6.45, 7) is 4.00. The second-order valence-electron chi connectivity index (χ2n) is 7.69. The van der Waals surface area contributed by atoms with E-state index in [2.05, 4.69) is 6.92 Å². The first kappa shape index (κ1) is 25.7. The van der Waals surface area contributed by atoms with Crippen molar-refractivity contribution in [2.75, 3.05) is 21.3 Å². The van der Waals surface area contributed by atoms with Crippen LogP contribution in [0.1, 0.15) is 78.1 Å². The van der Waals surface area contributed by atoms with Crippen molar-refractivity contribution in [2.24, 2.45) is 0 Å². The van der Waals surface area contributed by atoms with E-state index in [0.717, 1.165) is 25.7 Å². The standard InChI is InChI=1S/C19H38O7SSi/c1-6-8-9-10-11-13-17(20)18(27(21,22)23)15-12-16-28(25-4,26-5)19(18,24-3)14-7-2/h6-16H2,1-5H3,(H,21,22,23). The van der Waals surface area contributed by atoms with E-state index in [4.69, 9.17) is 13.6 Å². The molecule has 1 heterocycles. The molecule has 7 nitrogen and oxygen atoms in total. The van der Waals surface area contributed by atoms with Crippen LogP contribution in [0, 0.1) is 0 Å². The van der Waals surface area contributed by atoms with E-state index in [1.807, 2.05) is 6.92 Å². The summed E-state index contributed by atoms with van der Waals surface area (Å²) < 4.78 is 51.5. The zero-order valence-electron chi connectivity index (χ0n) is 18.1. The lowest BCUT2D eigenvalue weighted by atomic mass is 9.84. The Labute approximate surface area is 171 Å². The van der Waals surface area contributed by atoms with Crippen molar-refractivity contribution in [3.05, 3.63) is 0 Å². The lowest BCUT2D eigenvalue weighted by Gasteiger charge is -2.56. The zero-order chi connectivity index (χ0) is 21.5. The Kier molecular flexibility index (Phi) is 9.76. The Hall–Kier alpha value is -0.323. The largest absolute Gasteiger partial charge is 0.396 e. The van der Waals surface area contributed by atoms with Gasteiger partial charge in [0.15, 0.2) is 10.5 Å². The van der Waals surface area contributed by atoms with Crippen molar-refractivity contribution in [3.8, 4) is 0 Å². The van der Waals surface area contributed by atoms with Gasteiger partial charge in [-0.1, -0.05) is 46.0 Å². The molecule has 1 aliphatic heterocycles. The zero-order valence-corrected chi connectivity index (χ0v) is 19.9. The summed E-state index contributed by atoms with van der Waals surface area (Å²) >= 11 is 0. The van der Waals surface area contributed by atoms with Gasteiger partial charge in [-0.3, -0.25) is 9.35 Å². The summed E-state index contributed by atoms with van der Waals surface area (Å²) in [7, 11) is -3.69. The van der Waals surface area contributed by atoms with Crippen molar-refractivity contribution in [3.63, 3.8) is 0 Å². The summed E-state index contributed by atoms with van der Waals surface area (Å²) in [5, 5.41) is -1.50. The molecule has 9 heteroatoms. The molecule has 1 saturated heterocycles. The molecule has 0 aliphatic carbocycles. The van der Waals surface area contributed by atoms with Gasteiger partial charge in [0.1, 0.15) is 5.22 Å². The molecule has 2 atom stereocenters. The van der Waals surface area contributed by atoms with Gasteiger partial charge in [-0.25, -0.2) is 0 Å². The molecule has 166 valence electrons. The molecule has 1 rings (SSSR count). The fourth-order valence-corrected chi connectivity index (χ4v) is 11.4. The van der Waals surface area contributed by atoms with E-state index in [9.17, 15) is 17.8 Å². The first-order valence-corrected chi connectivity index (χ1v) is 13.8. The van der Waals surface area contributed by atoms with Crippen molar-refractivity contribution in [1.29, 1.82) is 0 Å². The highest BCUT2D eigenvalue weighted by molar-refractivity contribution is 7.88. The fraction of sp³-hybridized carbons (Fsp3) is 0.947. The van der Waals surface area contributed by atoms with E-state index in [1.165, 1.54) is 21.3 Å². The minimum absolute atomic E-state index is 0.0228. The number of methoxy groups -OCH3 is 1. The Morgan fingerprint density at radius 3 is 2.11 bits per heavy atom. The molecule has 0 aromatic rings. The SMILES string of the molecule is CCCCCCCC(=O)C1(S(=O)(=O)O)CCC[Si](OC)(OC)C1(CCC)OC. The highest BCUT2D eigenvalue weighted by Gasteiger charge is 2.76. The molecule has 0 radical (unpaired) electrons. The van der Waals surface area contributed by atoms with Crippen LogP contribution in [-0.4, -0.2) is 58.6 Å². The molecule has 1 N–H and O–H groups in total. The lowest BCUT2D eigenvalue weighted by molar-refractivity contribution is -0.132. The first-order chi connectivity index (χ1) is 13.2. The number of hydrogen-bond acceptors (Lipinski definition) is 6. The van der Waals surface area contributed by atoms with Gasteiger partial charge in [0.05, 0.1) is 0 Å². The van der Waals surface area contributed by atoms with Crippen LogP contribution >= 0.6 is 0 Å². The number of ketones is 1. The van der Waals surface area contributed by atoms with Gasteiger partial charge in [-0.15, -0.1) is 0 Å². The van der Waals surface area contributed by atoms with Gasteiger partial charge >= 0.3 is 8.56 Å². The summed E-state index contributed by atoms with van der Waals surface area (Å²) in [6, 6.07) is 0.509. The highest BCUT2D eigenvalue weighted by atomic mass is 32.2. The summed E-state index contributed by atoms with van der Waals surface area (Å²) in [5.41, 5.74) is 0. The normalized spacial score (nSPS) is 27.6. The van der Waals surface area contributed by atoms with Crippen LogP contribution in [0.3, 0.4) is 0 Å². The highest BCUT2D eigenvalue weighted by Crippen LogP contribution is 2.53. The summed E-state index contributed by atoms with van der Waals surface area (Å²) in [6.07, 6.45) is 5.98. The van der Waals surface area contributed by atoms with Crippen molar-refractivity contribution in [1.82, 2.24) is 0 Å². The molecular formula is C19H38O7SSi. The molecule has 2 unspecified atom stereocenters. The molecule has 0 amide bonds. The van der Waals surface area contributed by atoms with Gasteiger partial charge in [-0.05, 0) is 31.7 Å². The minimum Gasteiger partial charge on any atom is -0.396 e. The predicted molar refractivity (Wildman–Crippen MR) is 111 cm³/mol. The maximum atomic E-state index is 13.5. The average molecular weight is 439 g/mol. The van der Waals surface area contributed by atoms with Crippen molar-refractivity contribution >= 4 is 24.5 Å². The Balaban J connectivity index is 3.48. The molecule has 0 saturated carbocycles. The Morgan fingerprint density at radius 2 is 1.64 bits per heavy atom. The maximum absolute atomic E-state index is 13.5. The molecule has 0 spiro atoms. The third kappa shape index (κ3) is 4.25. The molecule has 28 heavy (non-hydrogen) atoms. The van der Waals surface area contributed by atoms with Crippen molar-refractivity contribution < 1.29 is 31.4 Å². The number of Topliss-reactive ketones (excluding diaryl/α,β-unsaturated/α-hetero) is 1. The van der Waals surface area contributed by atoms with Gasteiger partial charge in [0.25, 0.3) is 10.1 Å². The number of carbonyl (C=O) groups is 1. The second-order valence-corrected chi connectivity index (χ2v) is 13.0. The van der Waals surface area contributed by atoms with Crippen molar-refractivity contribution in [2.45, 2.75) is 94.1 Å². The number of hydrogen-bond donors (Lipinski definition) is 1. The summed E-state index contributed by atoms with van der Waals surface area (Å²) in [5.74, 6) is -0.479. The third-order valence-electron chi connectivity index (χ3n) is 6.31.